The predicted molar refractivity (Wildman–Crippen MR) is 64.9 cm³/mol. The molecule has 0 aliphatic rings. The Balaban J connectivity index is 2.23. The maximum absolute atomic E-state index is 13.7. The number of aromatic nitrogens is 3. The van der Waals surface area contributed by atoms with E-state index in [9.17, 15) is 4.39 Å². The Hall–Kier alpha value is -2.43. The number of nitrogens with zero attached hydrogens (tertiary/aromatic N) is 3. The van der Waals surface area contributed by atoms with Gasteiger partial charge in [-0.25, -0.2) is 9.37 Å². The van der Waals surface area contributed by atoms with Crippen molar-refractivity contribution in [3.63, 3.8) is 0 Å². The van der Waals surface area contributed by atoms with Crippen LogP contribution in [0.25, 0.3) is 17.0 Å². The van der Waals surface area contributed by atoms with Gasteiger partial charge >= 0.3 is 0 Å². The summed E-state index contributed by atoms with van der Waals surface area (Å²) in [4.78, 5) is 4.28. The zero-order valence-electron chi connectivity index (χ0n) is 9.67. The number of ether oxygens (including phenoxy) is 1. The first kappa shape index (κ1) is 10.7. The third-order valence-electron chi connectivity index (χ3n) is 2.65. The zero-order chi connectivity index (χ0) is 12.5. The van der Waals surface area contributed by atoms with Gasteiger partial charge < -0.3 is 4.74 Å². The molecule has 5 heteroatoms. The van der Waals surface area contributed by atoms with Crippen LogP contribution in [0.2, 0.25) is 0 Å². The molecular formula is C13H10FN3O. The Morgan fingerprint density at radius 2 is 1.94 bits per heavy atom. The first-order valence-corrected chi connectivity index (χ1v) is 5.44. The lowest BCUT2D eigenvalue weighted by Gasteiger charge is -2.00. The maximum Gasteiger partial charge on any atom is 0.216 e. The molecule has 0 bridgehead atoms. The van der Waals surface area contributed by atoms with Gasteiger partial charge in [-0.05, 0) is 18.2 Å². The lowest BCUT2D eigenvalue weighted by molar-refractivity contribution is 0.386. The quantitative estimate of drug-likeness (QED) is 0.694. The standard InChI is InChI=1S/C13H10FN3O/c1-18-12-8-4-7-11-15-13(16-17(11)12)9-5-2-3-6-10(9)14/h2-8H,1H3. The molecule has 0 atom stereocenters. The normalized spacial score (nSPS) is 10.8. The second-order valence-corrected chi connectivity index (χ2v) is 3.75. The minimum Gasteiger partial charge on any atom is -0.481 e. The lowest BCUT2D eigenvalue weighted by Crippen LogP contribution is -1.95. The summed E-state index contributed by atoms with van der Waals surface area (Å²) >= 11 is 0. The van der Waals surface area contributed by atoms with Crippen molar-refractivity contribution in [3.05, 3.63) is 48.3 Å². The fourth-order valence-corrected chi connectivity index (χ4v) is 1.79. The molecule has 4 nitrogen and oxygen atoms in total. The molecule has 2 heterocycles. The fourth-order valence-electron chi connectivity index (χ4n) is 1.79. The number of hydrogen-bond donors (Lipinski definition) is 0. The Bertz CT molecular complexity index is 708. The lowest BCUT2D eigenvalue weighted by atomic mass is 10.2. The monoisotopic (exact) mass is 243 g/mol. The minimum atomic E-state index is -0.340. The van der Waals surface area contributed by atoms with Crippen LogP contribution in [-0.2, 0) is 0 Å². The molecule has 0 aliphatic carbocycles. The van der Waals surface area contributed by atoms with Gasteiger partial charge in [0.1, 0.15) is 5.82 Å². The van der Waals surface area contributed by atoms with Crippen LogP contribution in [0, 0.1) is 5.82 Å². The molecular weight excluding hydrogens is 233 g/mol. The van der Waals surface area contributed by atoms with E-state index in [1.807, 2.05) is 6.07 Å². The van der Waals surface area contributed by atoms with Crippen molar-refractivity contribution < 1.29 is 9.13 Å². The number of hydrogen-bond acceptors (Lipinski definition) is 3. The third-order valence-corrected chi connectivity index (χ3v) is 2.65. The molecule has 90 valence electrons. The smallest absolute Gasteiger partial charge is 0.216 e. The molecule has 0 saturated heterocycles. The molecule has 0 radical (unpaired) electrons. The highest BCUT2D eigenvalue weighted by atomic mass is 19.1. The van der Waals surface area contributed by atoms with Crippen LogP contribution in [0.3, 0.4) is 0 Å². The second kappa shape index (κ2) is 4.10. The molecule has 0 N–H and O–H groups in total. The van der Waals surface area contributed by atoms with E-state index in [1.54, 1.807) is 42.0 Å². The summed E-state index contributed by atoms with van der Waals surface area (Å²) in [7, 11) is 1.55. The molecule has 0 unspecified atom stereocenters. The number of halogens is 1. The Morgan fingerprint density at radius 1 is 1.11 bits per heavy atom. The van der Waals surface area contributed by atoms with E-state index >= 15 is 0 Å². The van der Waals surface area contributed by atoms with Crippen LogP contribution in [0.1, 0.15) is 0 Å². The van der Waals surface area contributed by atoms with Crippen LogP contribution in [0.5, 0.6) is 5.88 Å². The average Bonchev–Trinajstić information content (AvgIpc) is 2.82. The van der Waals surface area contributed by atoms with Crippen molar-refractivity contribution in [2.45, 2.75) is 0 Å². The van der Waals surface area contributed by atoms with Gasteiger partial charge in [0.05, 0.1) is 12.7 Å². The van der Waals surface area contributed by atoms with Crippen LogP contribution < -0.4 is 4.74 Å². The van der Waals surface area contributed by atoms with Crippen LogP contribution >= 0.6 is 0 Å². The van der Waals surface area contributed by atoms with Gasteiger partial charge in [0.25, 0.3) is 0 Å². The minimum absolute atomic E-state index is 0.340. The highest BCUT2D eigenvalue weighted by Crippen LogP contribution is 2.21. The van der Waals surface area contributed by atoms with Crippen molar-refractivity contribution in [2.75, 3.05) is 7.11 Å². The van der Waals surface area contributed by atoms with Crippen molar-refractivity contribution in [2.24, 2.45) is 0 Å². The second-order valence-electron chi connectivity index (χ2n) is 3.75. The first-order valence-electron chi connectivity index (χ1n) is 5.44. The van der Waals surface area contributed by atoms with E-state index in [2.05, 4.69) is 10.1 Å². The summed E-state index contributed by atoms with van der Waals surface area (Å²) in [5, 5.41) is 4.26. The van der Waals surface area contributed by atoms with Gasteiger partial charge in [0.2, 0.25) is 5.88 Å². The Kier molecular flexibility index (Phi) is 2.44. The average molecular weight is 243 g/mol. The van der Waals surface area contributed by atoms with Crippen LogP contribution in [0.15, 0.2) is 42.5 Å². The molecule has 0 aliphatic heterocycles. The predicted octanol–water partition coefficient (Wildman–Crippen LogP) is 2.54. The molecule has 0 fully saturated rings. The molecule has 18 heavy (non-hydrogen) atoms. The van der Waals surface area contributed by atoms with Crippen molar-refractivity contribution >= 4 is 5.65 Å². The van der Waals surface area contributed by atoms with E-state index in [4.69, 9.17) is 4.74 Å². The van der Waals surface area contributed by atoms with E-state index in [-0.39, 0.29) is 5.82 Å². The third kappa shape index (κ3) is 1.60. The van der Waals surface area contributed by atoms with Gasteiger partial charge in [-0.1, -0.05) is 18.2 Å². The summed E-state index contributed by atoms with van der Waals surface area (Å²) in [5.41, 5.74) is 0.996. The first-order chi connectivity index (χ1) is 8.79. The van der Waals surface area contributed by atoms with Gasteiger partial charge in [-0.2, -0.15) is 4.52 Å². The van der Waals surface area contributed by atoms with Gasteiger partial charge in [0.15, 0.2) is 11.5 Å². The summed E-state index contributed by atoms with van der Waals surface area (Å²) in [6, 6.07) is 11.8. The van der Waals surface area contributed by atoms with Crippen molar-refractivity contribution in [3.8, 4) is 17.3 Å². The van der Waals surface area contributed by atoms with Crippen molar-refractivity contribution in [1.82, 2.24) is 14.6 Å². The SMILES string of the molecule is COc1cccc2nc(-c3ccccc3F)nn12. The van der Waals surface area contributed by atoms with Gasteiger partial charge in [-0.15, -0.1) is 5.10 Å². The molecule has 1 aromatic carbocycles. The Morgan fingerprint density at radius 3 is 2.72 bits per heavy atom. The summed E-state index contributed by atoms with van der Waals surface area (Å²) in [6.07, 6.45) is 0. The maximum atomic E-state index is 13.7. The highest BCUT2D eigenvalue weighted by Gasteiger charge is 2.12. The van der Waals surface area contributed by atoms with Crippen LogP contribution in [-0.4, -0.2) is 21.7 Å². The van der Waals surface area contributed by atoms with Crippen molar-refractivity contribution in [1.29, 1.82) is 0 Å². The molecule has 2 aromatic heterocycles. The molecule has 3 rings (SSSR count). The van der Waals surface area contributed by atoms with E-state index < -0.39 is 0 Å². The summed E-state index contributed by atoms with van der Waals surface area (Å²) in [5.74, 6) is 0.563. The van der Waals surface area contributed by atoms with E-state index in [0.717, 1.165) is 0 Å². The molecule has 0 amide bonds. The molecule has 0 saturated carbocycles. The highest BCUT2D eigenvalue weighted by molar-refractivity contribution is 5.59. The summed E-state index contributed by atoms with van der Waals surface area (Å²) < 4.78 is 20.4. The van der Waals surface area contributed by atoms with Crippen LogP contribution in [0.4, 0.5) is 4.39 Å². The zero-order valence-corrected chi connectivity index (χ0v) is 9.67. The number of rotatable bonds is 2. The van der Waals surface area contributed by atoms with E-state index in [0.29, 0.717) is 22.9 Å². The number of fused-ring (bicyclic) bond motifs is 1. The largest absolute Gasteiger partial charge is 0.481 e. The molecule has 0 spiro atoms. The number of methoxy groups -OCH3 is 1. The van der Waals surface area contributed by atoms with Gasteiger partial charge in [-0.3, -0.25) is 0 Å². The topological polar surface area (TPSA) is 39.4 Å². The molecule has 3 aromatic rings. The fraction of sp³-hybridized carbons (Fsp3) is 0.0769. The number of pyridine rings is 1. The summed E-state index contributed by atoms with van der Waals surface area (Å²) in [6.45, 7) is 0. The van der Waals surface area contributed by atoms with E-state index in [1.165, 1.54) is 6.07 Å². The Labute approximate surface area is 103 Å². The number of benzene rings is 1. The van der Waals surface area contributed by atoms with Gasteiger partial charge in [0, 0.05) is 6.07 Å².